The number of ether oxygens (including phenoxy) is 1. The summed E-state index contributed by atoms with van der Waals surface area (Å²) in [5.74, 6) is -0.00960. The van der Waals surface area contributed by atoms with Crippen molar-refractivity contribution in [2.75, 3.05) is 13.2 Å². The average Bonchev–Trinajstić information content (AvgIpc) is 2.86. The van der Waals surface area contributed by atoms with E-state index < -0.39 is 23.6 Å². The van der Waals surface area contributed by atoms with Crippen LogP contribution < -0.4 is 11.2 Å². The molecule has 9 heteroatoms. The fraction of sp³-hybridized carbons (Fsp3) is 0.667. The Morgan fingerprint density at radius 2 is 2.38 bits per heavy atom. The second-order valence-electron chi connectivity index (χ2n) is 5.03. The van der Waals surface area contributed by atoms with Gasteiger partial charge in [0.1, 0.15) is 6.23 Å². The molecule has 0 radical (unpaired) electrons. The number of aromatic amines is 1. The van der Waals surface area contributed by atoms with Gasteiger partial charge in [0, 0.05) is 23.2 Å². The van der Waals surface area contributed by atoms with Crippen molar-refractivity contribution in [3.63, 3.8) is 0 Å². The Hall–Kier alpha value is -2.09. The minimum absolute atomic E-state index is 0.00960. The van der Waals surface area contributed by atoms with Crippen LogP contribution in [0, 0.1) is 12.8 Å². The van der Waals surface area contributed by atoms with E-state index in [1.165, 1.54) is 10.8 Å². The molecule has 2 rings (SSSR count). The lowest BCUT2D eigenvalue weighted by molar-refractivity contribution is -0.0330. The predicted octanol–water partition coefficient (Wildman–Crippen LogP) is 0.441. The highest BCUT2D eigenvalue weighted by Gasteiger charge is 2.35. The summed E-state index contributed by atoms with van der Waals surface area (Å²) in [6.07, 6.45) is 1.58. The van der Waals surface area contributed by atoms with Gasteiger partial charge in [0.05, 0.1) is 12.7 Å². The number of nitrogens with one attached hydrogen (secondary N) is 1. The van der Waals surface area contributed by atoms with Gasteiger partial charge >= 0.3 is 5.69 Å². The largest absolute Gasteiger partial charge is 0.394 e. The van der Waals surface area contributed by atoms with Crippen molar-refractivity contribution in [3.8, 4) is 0 Å². The second kappa shape index (κ2) is 6.57. The molecule has 1 aliphatic rings. The van der Waals surface area contributed by atoms with Crippen molar-refractivity contribution < 1.29 is 9.84 Å². The van der Waals surface area contributed by atoms with Gasteiger partial charge in [-0.05, 0) is 31.2 Å². The summed E-state index contributed by atoms with van der Waals surface area (Å²) in [5, 5.41) is 12.8. The molecule has 1 aromatic heterocycles. The van der Waals surface area contributed by atoms with Gasteiger partial charge in [-0.2, -0.15) is 0 Å². The van der Waals surface area contributed by atoms with Crippen LogP contribution in [-0.2, 0) is 4.74 Å². The maximum atomic E-state index is 11.8. The molecule has 3 atom stereocenters. The monoisotopic (exact) mass is 295 g/mol. The van der Waals surface area contributed by atoms with Crippen LogP contribution in [0.25, 0.3) is 10.4 Å². The molecule has 0 unspecified atom stereocenters. The van der Waals surface area contributed by atoms with E-state index in [0.717, 1.165) is 0 Å². The molecule has 0 bridgehead atoms. The lowest BCUT2D eigenvalue weighted by atomic mass is 9.97. The maximum absolute atomic E-state index is 11.8. The van der Waals surface area contributed by atoms with E-state index in [1.807, 2.05) is 0 Å². The molecule has 0 amide bonds. The summed E-state index contributed by atoms with van der Waals surface area (Å²) < 4.78 is 7.00. The zero-order valence-electron chi connectivity index (χ0n) is 11.6. The molecular weight excluding hydrogens is 278 g/mol. The summed E-state index contributed by atoms with van der Waals surface area (Å²) in [6, 6.07) is 0. The molecule has 2 heterocycles. The van der Waals surface area contributed by atoms with Gasteiger partial charge < -0.3 is 9.84 Å². The molecule has 21 heavy (non-hydrogen) atoms. The van der Waals surface area contributed by atoms with Gasteiger partial charge in [0.25, 0.3) is 5.56 Å². The lowest BCUT2D eigenvalue weighted by Crippen LogP contribution is -2.33. The number of aromatic nitrogens is 2. The van der Waals surface area contributed by atoms with E-state index in [0.29, 0.717) is 24.9 Å². The highest BCUT2D eigenvalue weighted by molar-refractivity contribution is 5.02. The molecule has 114 valence electrons. The molecule has 1 fully saturated rings. The fourth-order valence-electron chi connectivity index (χ4n) is 2.52. The average molecular weight is 295 g/mol. The zero-order valence-corrected chi connectivity index (χ0v) is 11.6. The van der Waals surface area contributed by atoms with Gasteiger partial charge in [0.15, 0.2) is 0 Å². The second-order valence-corrected chi connectivity index (χ2v) is 5.03. The molecule has 0 aromatic carbocycles. The molecule has 9 nitrogen and oxygen atoms in total. The number of rotatable bonds is 5. The van der Waals surface area contributed by atoms with Crippen LogP contribution in [0.15, 0.2) is 20.9 Å². The lowest BCUT2D eigenvalue weighted by Gasteiger charge is -2.15. The van der Waals surface area contributed by atoms with Crippen molar-refractivity contribution in [3.05, 3.63) is 43.0 Å². The van der Waals surface area contributed by atoms with E-state index >= 15 is 0 Å². The van der Waals surface area contributed by atoms with Crippen LogP contribution in [0.3, 0.4) is 0 Å². The van der Waals surface area contributed by atoms with E-state index in [2.05, 4.69) is 15.0 Å². The third-order valence-electron chi connectivity index (χ3n) is 3.66. The third kappa shape index (κ3) is 3.33. The summed E-state index contributed by atoms with van der Waals surface area (Å²) >= 11 is 0. The van der Waals surface area contributed by atoms with Gasteiger partial charge in [-0.15, -0.1) is 0 Å². The molecular formula is C12H17N5O4. The number of hydrogen-bond acceptors (Lipinski definition) is 5. The Morgan fingerprint density at radius 3 is 3.05 bits per heavy atom. The van der Waals surface area contributed by atoms with Crippen LogP contribution in [0.5, 0.6) is 0 Å². The van der Waals surface area contributed by atoms with Crippen LogP contribution in [0.1, 0.15) is 24.6 Å². The molecule has 0 saturated carbocycles. The highest BCUT2D eigenvalue weighted by Crippen LogP contribution is 2.34. The van der Waals surface area contributed by atoms with E-state index in [4.69, 9.17) is 10.3 Å². The first-order chi connectivity index (χ1) is 10.1. The molecule has 1 aromatic rings. The van der Waals surface area contributed by atoms with Crippen molar-refractivity contribution >= 4 is 0 Å². The van der Waals surface area contributed by atoms with Crippen molar-refractivity contribution in [2.24, 2.45) is 11.0 Å². The smallest absolute Gasteiger partial charge is 0.330 e. The van der Waals surface area contributed by atoms with E-state index in [1.54, 1.807) is 6.92 Å². The Bertz CT molecular complexity index is 660. The summed E-state index contributed by atoms with van der Waals surface area (Å²) in [4.78, 5) is 28.1. The van der Waals surface area contributed by atoms with Gasteiger partial charge in [-0.3, -0.25) is 14.3 Å². The van der Waals surface area contributed by atoms with Crippen LogP contribution >= 0.6 is 0 Å². The van der Waals surface area contributed by atoms with Crippen molar-refractivity contribution in [1.29, 1.82) is 0 Å². The SMILES string of the molecule is Cc1cn([C@H]2C[C@H](CCN=[N+]=[N-])[C@@H](CO)O2)c(=O)[nH]c1=O. The number of H-pyrrole nitrogens is 1. The van der Waals surface area contributed by atoms with Gasteiger partial charge in [0.2, 0.25) is 0 Å². The zero-order chi connectivity index (χ0) is 15.4. The van der Waals surface area contributed by atoms with Gasteiger partial charge in [-0.25, -0.2) is 4.79 Å². The number of azide groups is 1. The minimum Gasteiger partial charge on any atom is -0.394 e. The van der Waals surface area contributed by atoms with E-state index in [9.17, 15) is 14.7 Å². The molecule has 2 N–H and O–H groups in total. The Balaban J connectivity index is 2.19. The van der Waals surface area contributed by atoms with Crippen LogP contribution in [-0.4, -0.2) is 33.9 Å². The normalized spacial score (nSPS) is 24.8. The maximum Gasteiger partial charge on any atom is 0.330 e. The number of hydrogen-bond donors (Lipinski definition) is 2. The summed E-state index contributed by atoms with van der Waals surface area (Å²) in [7, 11) is 0. The first-order valence-electron chi connectivity index (χ1n) is 6.66. The molecule has 0 aliphatic carbocycles. The number of aliphatic hydroxyl groups excluding tert-OH is 1. The molecule has 1 aliphatic heterocycles. The highest BCUT2D eigenvalue weighted by atomic mass is 16.5. The number of aliphatic hydroxyl groups is 1. The molecule has 0 spiro atoms. The Morgan fingerprint density at radius 1 is 1.62 bits per heavy atom. The Kier molecular flexibility index (Phi) is 4.79. The van der Waals surface area contributed by atoms with Crippen LogP contribution in [0.2, 0.25) is 0 Å². The van der Waals surface area contributed by atoms with Crippen LogP contribution in [0.4, 0.5) is 0 Å². The Labute approximate surface area is 119 Å². The number of nitrogens with zero attached hydrogens (tertiary/aromatic N) is 4. The third-order valence-corrected chi connectivity index (χ3v) is 3.66. The van der Waals surface area contributed by atoms with E-state index in [-0.39, 0.29) is 12.5 Å². The van der Waals surface area contributed by atoms with Crippen molar-refractivity contribution in [1.82, 2.24) is 9.55 Å². The summed E-state index contributed by atoms with van der Waals surface area (Å²) in [5.41, 5.74) is 7.74. The van der Waals surface area contributed by atoms with Gasteiger partial charge in [-0.1, -0.05) is 5.11 Å². The standard InChI is InChI=1S/C12H17N5O4/c1-7-5-17(12(20)15-11(7)19)10-4-8(2-3-14-16-13)9(6-18)21-10/h5,8-10,18H,2-4,6H2,1H3,(H,15,19,20)/t8-,9+,10+/m0/s1. The first kappa shape index (κ1) is 15.3. The molecule has 1 saturated heterocycles. The number of aryl methyl sites for hydroxylation is 1. The fourth-order valence-corrected chi connectivity index (χ4v) is 2.52. The first-order valence-corrected chi connectivity index (χ1v) is 6.66. The topological polar surface area (TPSA) is 133 Å². The summed E-state index contributed by atoms with van der Waals surface area (Å²) in [6.45, 7) is 1.74. The van der Waals surface area contributed by atoms with Crippen molar-refractivity contribution in [2.45, 2.75) is 32.1 Å². The minimum atomic E-state index is -0.540. The quantitative estimate of drug-likeness (QED) is 0.463. The predicted molar refractivity (Wildman–Crippen MR) is 73.8 cm³/mol.